The SMILES string of the molecule is CCOC(=O)C(=O)Nc1ccc(-c2nc(N)n(C(=S)NC)n2)cc1. The zero-order chi connectivity index (χ0) is 17.7. The zero-order valence-electron chi connectivity index (χ0n) is 13.1. The van der Waals surface area contributed by atoms with Crippen LogP contribution < -0.4 is 16.4 Å². The Balaban J connectivity index is 2.14. The Labute approximate surface area is 143 Å². The first kappa shape index (κ1) is 17.3. The summed E-state index contributed by atoms with van der Waals surface area (Å²) in [6.45, 7) is 1.76. The van der Waals surface area contributed by atoms with Crippen molar-refractivity contribution in [3.63, 3.8) is 0 Å². The summed E-state index contributed by atoms with van der Waals surface area (Å²) in [7, 11) is 1.66. The van der Waals surface area contributed by atoms with Crippen LogP contribution in [0.2, 0.25) is 0 Å². The van der Waals surface area contributed by atoms with Crippen molar-refractivity contribution in [3.05, 3.63) is 24.3 Å². The smallest absolute Gasteiger partial charge is 0.397 e. The molecule has 0 saturated carbocycles. The minimum Gasteiger partial charge on any atom is -0.459 e. The van der Waals surface area contributed by atoms with Gasteiger partial charge in [0.05, 0.1) is 6.61 Å². The lowest BCUT2D eigenvalue weighted by Gasteiger charge is -2.05. The fourth-order valence-electron chi connectivity index (χ4n) is 1.78. The minimum atomic E-state index is -0.935. The summed E-state index contributed by atoms with van der Waals surface area (Å²) in [6.07, 6.45) is 0. The van der Waals surface area contributed by atoms with E-state index in [-0.39, 0.29) is 12.6 Å². The van der Waals surface area contributed by atoms with Gasteiger partial charge in [0.1, 0.15) is 0 Å². The van der Waals surface area contributed by atoms with Crippen LogP contribution in [0, 0.1) is 0 Å². The summed E-state index contributed by atoms with van der Waals surface area (Å²) in [5.74, 6) is -1.23. The van der Waals surface area contributed by atoms with Crippen molar-refractivity contribution in [2.24, 2.45) is 0 Å². The third-order valence-electron chi connectivity index (χ3n) is 2.90. The Kier molecular flexibility index (Phi) is 5.42. The van der Waals surface area contributed by atoms with E-state index in [1.54, 1.807) is 38.2 Å². The van der Waals surface area contributed by atoms with E-state index in [0.29, 0.717) is 22.2 Å². The summed E-state index contributed by atoms with van der Waals surface area (Å²) in [4.78, 5) is 27.0. The van der Waals surface area contributed by atoms with Gasteiger partial charge in [0.2, 0.25) is 5.95 Å². The number of benzene rings is 1. The van der Waals surface area contributed by atoms with E-state index < -0.39 is 11.9 Å². The number of carbonyl (C=O) groups is 2. The van der Waals surface area contributed by atoms with Gasteiger partial charge in [-0.3, -0.25) is 4.79 Å². The number of nitrogens with zero attached hydrogens (tertiary/aromatic N) is 3. The lowest BCUT2D eigenvalue weighted by molar-refractivity contribution is -0.152. The highest BCUT2D eigenvalue weighted by Gasteiger charge is 2.15. The molecule has 9 nitrogen and oxygen atoms in total. The molecular formula is C14H16N6O3S. The van der Waals surface area contributed by atoms with Gasteiger partial charge in [-0.25, -0.2) is 4.79 Å². The van der Waals surface area contributed by atoms with E-state index in [4.69, 9.17) is 18.0 Å². The highest BCUT2D eigenvalue weighted by atomic mass is 32.1. The first-order chi connectivity index (χ1) is 11.5. The number of nitrogen functional groups attached to an aromatic ring is 1. The molecule has 0 unspecified atom stereocenters. The van der Waals surface area contributed by atoms with Gasteiger partial charge in [-0.2, -0.15) is 9.67 Å². The van der Waals surface area contributed by atoms with E-state index in [0.717, 1.165) is 0 Å². The summed E-state index contributed by atoms with van der Waals surface area (Å²) < 4.78 is 5.92. The van der Waals surface area contributed by atoms with E-state index in [1.165, 1.54) is 4.68 Å². The van der Waals surface area contributed by atoms with Crippen LogP contribution in [-0.2, 0) is 14.3 Å². The van der Waals surface area contributed by atoms with Crippen molar-refractivity contribution in [2.45, 2.75) is 6.92 Å². The number of ether oxygens (including phenoxy) is 1. The molecule has 0 bridgehead atoms. The average molecular weight is 348 g/mol. The van der Waals surface area contributed by atoms with Gasteiger partial charge in [-0.15, -0.1) is 5.10 Å². The first-order valence-electron chi connectivity index (χ1n) is 6.99. The highest BCUT2D eigenvalue weighted by molar-refractivity contribution is 7.80. The zero-order valence-corrected chi connectivity index (χ0v) is 13.9. The number of hydrogen-bond donors (Lipinski definition) is 3. The molecule has 0 radical (unpaired) electrons. The van der Waals surface area contributed by atoms with Crippen LogP contribution in [-0.4, -0.2) is 45.4 Å². The Morgan fingerprint density at radius 3 is 2.58 bits per heavy atom. The number of aromatic nitrogens is 3. The molecular weight excluding hydrogens is 332 g/mol. The van der Waals surface area contributed by atoms with Gasteiger partial charge < -0.3 is 21.1 Å². The molecule has 0 atom stereocenters. The topological polar surface area (TPSA) is 124 Å². The number of nitrogens with one attached hydrogen (secondary N) is 2. The molecule has 0 saturated heterocycles. The summed E-state index contributed by atoms with van der Waals surface area (Å²) in [6, 6.07) is 6.59. The number of hydrogen-bond acceptors (Lipinski definition) is 7. The number of nitrogens with two attached hydrogens (primary N) is 1. The molecule has 1 heterocycles. The van der Waals surface area contributed by atoms with E-state index in [2.05, 4.69) is 25.5 Å². The molecule has 24 heavy (non-hydrogen) atoms. The number of esters is 1. The number of rotatable bonds is 3. The highest BCUT2D eigenvalue weighted by Crippen LogP contribution is 2.19. The number of amides is 1. The van der Waals surface area contributed by atoms with Gasteiger partial charge in [-0.05, 0) is 43.4 Å². The van der Waals surface area contributed by atoms with Crippen molar-refractivity contribution >= 4 is 40.8 Å². The fraction of sp³-hybridized carbons (Fsp3) is 0.214. The molecule has 4 N–H and O–H groups in total. The van der Waals surface area contributed by atoms with E-state index >= 15 is 0 Å². The second kappa shape index (κ2) is 7.51. The van der Waals surface area contributed by atoms with E-state index in [9.17, 15) is 9.59 Å². The lowest BCUT2D eigenvalue weighted by atomic mass is 10.2. The van der Waals surface area contributed by atoms with Crippen molar-refractivity contribution < 1.29 is 14.3 Å². The summed E-state index contributed by atoms with van der Waals surface area (Å²) in [5, 5.41) is 9.73. The van der Waals surface area contributed by atoms with Crippen LogP contribution in [0.4, 0.5) is 11.6 Å². The molecule has 0 aliphatic carbocycles. The monoisotopic (exact) mass is 348 g/mol. The fourth-order valence-corrected chi connectivity index (χ4v) is 1.92. The molecule has 2 rings (SSSR count). The number of carbonyl (C=O) groups excluding carboxylic acids is 2. The van der Waals surface area contributed by atoms with Gasteiger partial charge in [0.25, 0.3) is 0 Å². The first-order valence-corrected chi connectivity index (χ1v) is 7.40. The second-order valence-corrected chi connectivity index (χ2v) is 4.90. The van der Waals surface area contributed by atoms with Crippen molar-refractivity contribution in [3.8, 4) is 11.4 Å². The van der Waals surface area contributed by atoms with Gasteiger partial charge in [0.15, 0.2) is 10.9 Å². The third kappa shape index (κ3) is 3.84. The van der Waals surface area contributed by atoms with Gasteiger partial charge in [-0.1, -0.05) is 0 Å². The number of thiocarbonyl (C=S) groups is 1. The summed E-state index contributed by atoms with van der Waals surface area (Å²) in [5.41, 5.74) is 6.88. The van der Waals surface area contributed by atoms with Gasteiger partial charge >= 0.3 is 11.9 Å². The quantitative estimate of drug-likeness (QED) is 0.413. The molecule has 0 spiro atoms. The lowest BCUT2D eigenvalue weighted by Crippen LogP contribution is -2.26. The maximum Gasteiger partial charge on any atom is 0.397 e. The average Bonchev–Trinajstić information content (AvgIpc) is 2.96. The molecule has 0 aliphatic heterocycles. The molecule has 126 valence electrons. The molecule has 1 aromatic heterocycles. The Morgan fingerprint density at radius 2 is 2.00 bits per heavy atom. The van der Waals surface area contributed by atoms with Crippen LogP contribution in [0.25, 0.3) is 11.4 Å². The van der Waals surface area contributed by atoms with Crippen molar-refractivity contribution in [2.75, 3.05) is 24.7 Å². The maximum atomic E-state index is 11.6. The molecule has 1 aromatic carbocycles. The second-order valence-electron chi connectivity index (χ2n) is 4.51. The van der Waals surface area contributed by atoms with Crippen LogP contribution in [0.5, 0.6) is 0 Å². The number of anilines is 2. The van der Waals surface area contributed by atoms with E-state index in [1.807, 2.05) is 0 Å². The van der Waals surface area contributed by atoms with Crippen molar-refractivity contribution in [1.82, 2.24) is 20.1 Å². The predicted molar refractivity (Wildman–Crippen MR) is 92.2 cm³/mol. The largest absolute Gasteiger partial charge is 0.459 e. The normalized spacial score (nSPS) is 10.1. The van der Waals surface area contributed by atoms with Crippen LogP contribution >= 0.6 is 12.2 Å². The van der Waals surface area contributed by atoms with Crippen molar-refractivity contribution in [1.29, 1.82) is 0 Å². The maximum absolute atomic E-state index is 11.6. The van der Waals surface area contributed by atoms with Gasteiger partial charge in [0, 0.05) is 18.3 Å². The van der Waals surface area contributed by atoms with Crippen LogP contribution in [0.15, 0.2) is 24.3 Å². The predicted octanol–water partition coefficient (Wildman–Crippen LogP) is 0.381. The molecule has 0 aliphatic rings. The third-order valence-corrected chi connectivity index (χ3v) is 3.28. The Morgan fingerprint density at radius 1 is 1.33 bits per heavy atom. The Bertz CT molecular complexity index is 771. The minimum absolute atomic E-state index is 0.134. The van der Waals surface area contributed by atoms with Crippen LogP contribution in [0.3, 0.4) is 0 Å². The molecule has 10 heteroatoms. The Hall–Kier alpha value is -3.01. The molecule has 2 aromatic rings. The van der Waals surface area contributed by atoms with Crippen LogP contribution in [0.1, 0.15) is 6.92 Å². The summed E-state index contributed by atoms with van der Waals surface area (Å²) >= 11 is 5.06. The molecule has 0 fully saturated rings. The molecule has 1 amide bonds. The standard InChI is InChI=1S/C14H16N6O3S/c1-3-23-12(22)11(21)17-9-6-4-8(5-7-9)10-18-13(15)20(19-10)14(24)16-2/h4-7H,3H2,1-2H3,(H,16,24)(H,17,21)(H2,15,18,19).